The van der Waals surface area contributed by atoms with Gasteiger partial charge in [0.15, 0.2) is 0 Å². The Kier molecular flexibility index (Phi) is 2.72. The summed E-state index contributed by atoms with van der Waals surface area (Å²) in [7, 11) is 1.95. The number of nitrogens with two attached hydrogens (primary N) is 1. The van der Waals surface area contributed by atoms with Gasteiger partial charge in [0.1, 0.15) is 11.6 Å². The summed E-state index contributed by atoms with van der Waals surface area (Å²) in [6, 6.07) is 0. The van der Waals surface area contributed by atoms with Crippen molar-refractivity contribution in [3.05, 3.63) is 30.0 Å². The summed E-state index contributed by atoms with van der Waals surface area (Å²) in [6.45, 7) is 2.54. The third-order valence-corrected chi connectivity index (χ3v) is 2.33. The van der Waals surface area contributed by atoms with Crippen molar-refractivity contribution in [2.24, 2.45) is 7.05 Å². The van der Waals surface area contributed by atoms with Gasteiger partial charge in [-0.2, -0.15) is 4.98 Å². The van der Waals surface area contributed by atoms with Crippen LogP contribution in [0.15, 0.2) is 18.6 Å². The van der Waals surface area contributed by atoms with Crippen LogP contribution in [-0.2, 0) is 13.6 Å². The van der Waals surface area contributed by atoms with Crippen LogP contribution in [0.25, 0.3) is 0 Å². The van der Waals surface area contributed by atoms with Crippen LogP contribution < -0.4 is 11.1 Å². The number of anilines is 2. The fraction of sp³-hybridized carbons (Fsp3) is 0.300. The van der Waals surface area contributed by atoms with Gasteiger partial charge in [0.2, 0.25) is 5.95 Å². The second-order valence-electron chi connectivity index (χ2n) is 3.57. The quantitative estimate of drug-likeness (QED) is 0.793. The minimum atomic E-state index is 0.271. The number of nitrogen functional groups attached to an aromatic ring is 1. The first kappa shape index (κ1) is 10.4. The van der Waals surface area contributed by atoms with Gasteiger partial charge < -0.3 is 15.6 Å². The standard InChI is InChI=1S/C10H14N6/c1-7-5-14-10(11)15-9(7)13-6-8-12-3-4-16(8)2/h3-5H,6H2,1-2H3,(H3,11,13,14,15). The Balaban J connectivity index is 2.10. The Bertz CT molecular complexity index is 490. The molecule has 84 valence electrons. The molecule has 6 heteroatoms. The van der Waals surface area contributed by atoms with Gasteiger partial charge in [-0.1, -0.05) is 0 Å². The van der Waals surface area contributed by atoms with Crippen LogP contribution in [0.4, 0.5) is 11.8 Å². The number of nitrogens with zero attached hydrogens (tertiary/aromatic N) is 4. The Morgan fingerprint density at radius 1 is 1.44 bits per heavy atom. The lowest BCUT2D eigenvalue weighted by Crippen LogP contribution is -2.09. The van der Waals surface area contributed by atoms with Crippen LogP contribution >= 0.6 is 0 Å². The van der Waals surface area contributed by atoms with Gasteiger partial charge in [-0.25, -0.2) is 9.97 Å². The van der Waals surface area contributed by atoms with E-state index in [2.05, 4.69) is 20.3 Å². The zero-order valence-corrected chi connectivity index (χ0v) is 9.31. The average molecular weight is 218 g/mol. The maximum atomic E-state index is 5.52. The monoisotopic (exact) mass is 218 g/mol. The van der Waals surface area contributed by atoms with E-state index >= 15 is 0 Å². The molecule has 16 heavy (non-hydrogen) atoms. The predicted molar refractivity (Wildman–Crippen MR) is 61.7 cm³/mol. The summed E-state index contributed by atoms with van der Waals surface area (Å²) in [5.74, 6) is 1.96. The van der Waals surface area contributed by atoms with Crippen LogP contribution in [0, 0.1) is 6.92 Å². The van der Waals surface area contributed by atoms with Gasteiger partial charge in [0.05, 0.1) is 6.54 Å². The first-order chi connectivity index (χ1) is 7.66. The predicted octanol–water partition coefficient (Wildman–Crippen LogP) is 0.713. The van der Waals surface area contributed by atoms with E-state index in [0.29, 0.717) is 6.54 Å². The second-order valence-corrected chi connectivity index (χ2v) is 3.57. The van der Waals surface area contributed by atoms with Gasteiger partial charge in [-0.05, 0) is 6.92 Å². The molecule has 3 N–H and O–H groups in total. The Morgan fingerprint density at radius 2 is 2.25 bits per heavy atom. The maximum absolute atomic E-state index is 5.52. The summed E-state index contributed by atoms with van der Waals surface area (Å²) < 4.78 is 1.95. The smallest absolute Gasteiger partial charge is 0.221 e. The minimum absolute atomic E-state index is 0.271. The number of aryl methyl sites for hydroxylation is 2. The molecule has 0 aliphatic carbocycles. The summed E-state index contributed by atoms with van der Waals surface area (Å²) in [6.07, 6.45) is 5.36. The summed E-state index contributed by atoms with van der Waals surface area (Å²) >= 11 is 0. The molecule has 0 radical (unpaired) electrons. The highest BCUT2D eigenvalue weighted by molar-refractivity contribution is 5.45. The van der Waals surface area contributed by atoms with Gasteiger partial charge in [0, 0.05) is 31.2 Å². The molecule has 2 rings (SSSR count). The molecular formula is C10H14N6. The molecule has 0 amide bonds. The van der Waals surface area contributed by atoms with Crippen molar-refractivity contribution in [2.75, 3.05) is 11.1 Å². The van der Waals surface area contributed by atoms with Crippen LogP contribution in [-0.4, -0.2) is 19.5 Å². The van der Waals surface area contributed by atoms with E-state index in [-0.39, 0.29) is 5.95 Å². The van der Waals surface area contributed by atoms with Crippen LogP contribution in [0.3, 0.4) is 0 Å². The van der Waals surface area contributed by atoms with Crippen molar-refractivity contribution < 1.29 is 0 Å². The zero-order chi connectivity index (χ0) is 11.5. The maximum Gasteiger partial charge on any atom is 0.221 e. The fourth-order valence-electron chi connectivity index (χ4n) is 1.36. The zero-order valence-electron chi connectivity index (χ0n) is 9.31. The Morgan fingerprint density at radius 3 is 2.94 bits per heavy atom. The largest absolute Gasteiger partial charge is 0.368 e. The van der Waals surface area contributed by atoms with Crippen molar-refractivity contribution in [2.45, 2.75) is 13.5 Å². The van der Waals surface area contributed by atoms with Gasteiger partial charge in [0.25, 0.3) is 0 Å². The first-order valence-electron chi connectivity index (χ1n) is 4.96. The highest BCUT2D eigenvalue weighted by Gasteiger charge is 2.03. The van der Waals surface area contributed by atoms with Gasteiger partial charge in [-0.3, -0.25) is 0 Å². The minimum Gasteiger partial charge on any atom is -0.368 e. The molecule has 0 atom stereocenters. The van der Waals surface area contributed by atoms with E-state index in [4.69, 9.17) is 5.73 Å². The van der Waals surface area contributed by atoms with Crippen LogP contribution in [0.1, 0.15) is 11.4 Å². The lowest BCUT2D eigenvalue weighted by atomic mass is 10.3. The number of imidazole rings is 1. The molecule has 2 aromatic heterocycles. The van der Waals surface area contributed by atoms with E-state index < -0.39 is 0 Å². The molecule has 0 aromatic carbocycles. The highest BCUT2D eigenvalue weighted by Crippen LogP contribution is 2.11. The topological polar surface area (TPSA) is 81.7 Å². The second kappa shape index (κ2) is 4.18. The highest BCUT2D eigenvalue weighted by atomic mass is 15.1. The number of aromatic nitrogens is 4. The molecule has 0 unspecified atom stereocenters. The molecule has 0 saturated heterocycles. The first-order valence-corrected chi connectivity index (χ1v) is 4.96. The number of hydrogen-bond donors (Lipinski definition) is 2. The summed E-state index contributed by atoms with van der Waals surface area (Å²) in [5, 5.41) is 3.18. The molecule has 0 aliphatic rings. The van der Waals surface area contributed by atoms with Gasteiger partial charge >= 0.3 is 0 Å². The lowest BCUT2D eigenvalue weighted by molar-refractivity contribution is 0.810. The third-order valence-electron chi connectivity index (χ3n) is 2.33. The fourth-order valence-corrected chi connectivity index (χ4v) is 1.36. The lowest BCUT2D eigenvalue weighted by Gasteiger charge is -2.08. The molecule has 2 heterocycles. The SMILES string of the molecule is Cc1cnc(N)nc1NCc1nccn1C. The van der Waals surface area contributed by atoms with Crippen LogP contribution in [0.2, 0.25) is 0 Å². The van der Waals surface area contributed by atoms with Crippen molar-refractivity contribution in [1.82, 2.24) is 19.5 Å². The molecule has 0 bridgehead atoms. The molecule has 0 saturated carbocycles. The van der Waals surface area contributed by atoms with Crippen molar-refractivity contribution in [3.63, 3.8) is 0 Å². The molecule has 0 fully saturated rings. The Hall–Kier alpha value is -2.11. The summed E-state index contributed by atoms with van der Waals surface area (Å²) in [4.78, 5) is 12.2. The van der Waals surface area contributed by atoms with E-state index in [1.165, 1.54) is 0 Å². The van der Waals surface area contributed by atoms with E-state index in [1.54, 1.807) is 12.4 Å². The number of nitrogens with one attached hydrogen (secondary N) is 1. The van der Waals surface area contributed by atoms with E-state index in [9.17, 15) is 0 Å². The third kappa shape index (κ3) is 2.10. The molecule has 0 spiro atoms. The summed E-state index contributed by atoms with van der Waals surface area (Å²) in [5.41, 5.74) is 6.48. The van der Waals surface area contributed by atoms with Gasteiger partial charge in [-0.15, -0.1) is 0 Å². The van der Waals surface area contributed by atoms with Crippen molar-refractivity contribution in [1.29, 1.82) is 0 Å². The van der Waals surface area contributed by atoms with Crippen molar-refractivity contribution >= 4 is 11.8 Å². The number of rotatable bonds is 3. The molecule has 2 aromatic rings. The number of hydrogen-bond acceptors (Lipinski definition) is 5. The average Bonchev–Trinajstić information content (AvgIpc) is 2.66. The molecule has 0 aliphatic heterocycles. The van der Waals surface area contributed by atoms with E-state index in [0.717, 1.165) is 17.2 Å². The normalized spacial score (nSPS) is 10.4. The van der Waals surface area contributed by atoms with E-state index in [1.807, 2.05) is 24.7 Å². The van der Waals surface area contributed by atoms with Crippen molar-refractivity contribution in [3.8, 4) is 0 Å². The molecule has 6 nitrogen and oxygen atoms in total. The van der Waals surface area contributed by atoms with Crippen LogP contribution in [0.5, 0.6) is 0 Å². The Labute approximate surface area is 93.6 Å². The molecular weight excluding hydrogens is 204 g/mol.